The van der Waals surface area contributed by atoms with E-state index in [4.69, 9.17) is 15.7 Å². The second-order valence-corrected chi connectivity index (χ2v) is 7.24. The quantitative estimate of drug-likeness (QED) is 0.473. The Balaban J connectivity index is 2.28. The predicted molar refractivity (Wildman–Crippen MR) is 106 cm³/mol. The van der Waals surface area contributed by atoms with E-state index in [2.05, 4.69) is 11.1 Å². The molecular weight excluding hydrogens is 354 g/mol. The first-order chi connectivity index (χ1) is 13.3. The fraction of sp³-hybridized carbons (Fsp3) is 0.286. The molecule has 142 valence electrons. The van der Waals surface area contributed by atoms with Crippen LogP contribution in [0.3, 0.4) is 0 Å². The van der Waals surface area contributed by atoms with Gasteiger partial charge in [0, 0.05) is 11.3 Å². The first-order valence-electron chi connectivity index (χ1n) is 8.78. The van der Waals surface area contributed by atoms with Gasteiger partial charge in [-0.15, -0.1) is 4.99 Å². The van der Waals surface area contributed by atoms with Crippen LogP contribution in [-0.2, 0) is 0 Å². The lowest BCUT2D eigenvalue weighted by atomic mass is 9.84. The normalized spacial score (nSPS) is 20.3. The number of fused-ring (bicyclic) bond motifs is 1. The van der Waals surface area contributed by atoms with Crippen LogP contribution < -0.4 is 15.4 Å². The Morgan fingerprint density at radius 1 is 1.25 bits per heavy atom. The van der Waals surface area contributed by atoms with E-state index in [1.807, 2.05) is 31.2 Å². The van der Waals surface area contributed by atoms with Crippen LogP contribution in [0.2, 0.25) is 0 Å². The summed E-state index contributed by atoms with van der Waals surface area (Å²) in [4.78, 5) is 5.33. The molecule has 1 aliphatic heterocycles. The molecule has 2 atom stereocenters. The summed E-state index contributed by atoms with van der Waals surface area (Å²) in [6.07, 6.45) is 0.697. The molecule has 7 nitrogen and oxygen atoms in total. The van der Waals surface area contributed by atoms with Crippen molar-refractivity contribution in [3.05, 3.63) is 59.2 Å². The summed E-state index contributed by atoms with van der Waals surface area (Å²) in [7, 11) is 0. The van der Waals surface area contributed by atoms with Crippen molar-refractivity contribution in [2.45, 2.75) is 38.5 Å². The van der Waals surface area contributed by atoms with Crippen LogP contribution in [0.4, 0.5) is 5.69 Å². The second kappa shape index (κ2) is 7.22. The van der Waals surface area contributed by atoms with Gasteiger partial charge >= 0.3 is 0 Å². The van der Waals surface area contributed by atoms with Crippen LogP contribution in [0.25, 0.3) is 0 Å². The summed E-state index contributed by atoms with van der Waals surface area (Å²) in [6, 6.07) is 14.0. The summed E-state index contributed by atoms with van der Waals surface area (Å²) >= 11 is 0. The van der Waals surface area contributed by atoms with Crippen LogP contribution in [0.1, 0.15) is 36.6 Å². The van der Waals surface area contributed by atoms with Gasteiger partial charge in [-0.25, -0.2) is 0 Å². The fourth-order valence-electron chi connectivity index (χ4n) is 3.43. The largest absolute Gasteiger partial charge is 0.485 e. The van der Waals surface area contributed by atoms with Crippen molar-refractivity contribution in [1.29, 1.82) is 10.5 Å². The van der Waals surface area contributed by atoms with E-state index in [9.17, 15) is 10.4 Å². The minimum absolute atomic E-state index is 0.0526. The van der Waals surface area contributed by atoms with E-state index in [0.717, 1.165) is 5.56 Å². The van der Waals surface area contributed by atoms with Crippen LogP contribution in [0.15, 0.2) is 47.5 Å². The number of anilines is 1. The number of guanidine groups is 1. The zero-order valence-electron chi connectivity index (χ0n) is 15.9. The molecule has 3 N–H and O–H groups in total. The van der Waals surface area contributed by atoms with Crippen molar-refractivity contribution < 1.29 is 9.84 Å². The van der Waals surface area contributed by atoms with E-state index in [1.54, 1.807) is 43.1 Å². The lowest BCUT2D eigenvalue weighted by molar-refractivity contribution is -0.0565. The number of rotatable bonds is 2. The number of hydrogen-bond acceptors (Lipinski definition) is 5. The summed E-state index contributed by atoms with van der Waals surface area (Å²) in [6.45, 7) is 5.49. The first kappa shape index (κ1) is 19.2. The first-order valence-corrected chi connectivity index (χ1v) is 8.78. The maximum absolute atomic E-state index is 11.2. The van der Waals surface area contributed by atoms with Crippen molar-refractivity contribution >= 4 is 11.6 Å². The summed E-state index contributed by atoms with van der Waals surface area (Å²) in [5, 5.41) is 29.6. The number of ether oxygens (including phenoxy) is 1. The summed E-state index contributed by atoms with van der Waals surface area (Å²) in [5.41, 5.74) is 7.91. The Hall–Kier alpha value is -3.55. The van der Waals surface area contributed by atoms with Crippen LogP contribution in [-0.4, -0.2) is 22.8 Å². The standard InChI is InChI=1S/C21H21N5O2/c1-13-5-4-6-15(9-13)26(20(24)25-12-23)18-16-10-14(11-22)7-8-17(16)28-21(2,3)19(18)27/h4-10,18-19,27H,1-3H3,(H2,24,25)/t18-,19+/m1/s1. The van der Waals surface area contributed by atoms with Gasteiger partial charge in [0.2, 0.25) is 12.2 Å². The van der Waals surface area contributed by atoms with Crippen molar-refractivity contribution in [1.82, 2.24) is 0 Å². The molecule has 0 radical (unpaired) electrons. The molecule has 0 saturated heterocycles. The highest BCUT2D eigenvalue weighted by Gasteiger charge is 2.46. The molecule has 1 heterocycles. The molecule has 3 rings (SSSR count). The molecule has 0 unspecified atom stereocenters. The van der Waals surface area contributed by atoms with Gasteiger partial charge in [-0.3, -0.25) is 0 Å². The highest BCUT2D eigenvalue weighted by Crippen LogP contribution is 2.44. The zero-order valence-corrected chi connectivity index (χ0v) is 15.9. The molecule has 0 aromatic heterocycles. The molecule has 0 amide bonds. The average molecular weight is 375 g/mol. The Labute approximate surface area is 163 Å². The third-order valence-corrected chi connectivity index (χ3v) is 4.81. The lowest BCUT2D eigenvalue weighted by Crippen LogP contribution is -2.56. The van der Waals surface area contributed by atoms with Gasteiger partial charge in [-0.2, -0.15) is 10.5 Å². The minimum atomic E-state index is -1.01. The number of hydrogen-bond donors (Lipinski definition) is 2. The van der Waals surface area contributed by atoms with Crippen molar-refractivity contribution in [2.75, 3.05) is 4.90 Å². The van der Waals surface area contributed by atoms with E-state index in [-0.39, 0.29) is 5.96 Å². The minimum Gasteiger partial charge on any atom is -0.485 e. The number of nitrogens with zero attached hydrogens (tertiary/aromatic N) is 4. The number of aliphatic hydroxyl groups is 1. The Morgan fingerprint density at radius 3 is 2.64 bits per heavy atom. The number of aliphatic hydroxyl groups excluding tert-OH is 1. The van der Waals surface area contributed by atoms with Crippen LogP contribution in [0.5, 0.6) is 5.75 Å². The topological polar surface area (TPSA) is 119 Å². The Bertz CT molecular complexity index is 1020. The van der Waals surface area contributed by atoms with E-state index in [1.165, 1.54) is 0 Å². The third-order valence-electron chi connectivity index (χ3n) is 4.81. The van der Waals surface area contributed by atoms with Gasteiger partial charge in [-0.1, -0.05) is 12.1 Å². The number of aryl methyl sites for hydroxylation is 1. The van der Waals surface area contributed by atoms with Crippen molar-refractivity contribution in [2.24, 2.45) is 10.7 Å². The summed E-state index contributed by atoms with van der Waals surface area (Å²) < 4.78 is 5.98. The van der Waals surface area contributed by atoms with Crippen LogP contribution in [0, 0.1) is 29.7 Å². The zero-order chi connectivity index (χ0) is 20.5. The maximum Gasteiger partial charge on any atom is 0.212 e. The molecule has 28 heavy (non-hydrogen) atoms. The maximum atomic E-state index is 11.2. The van der Waals surface area contributed by atoms with Gasteiger partial charge in [0.25, 0.3) is 0 Å². The molecule has 0 bridgehead atoms. The van der Waals surface area contributed by atoms with Gasteiger partial charge < -0.3 is 20.5 Å². The number of nitrogens with two attached hydrogens (primary N) is 1. The third kappa shape index (κ3) is 3.36. The Kier molecular flexibility index (Phi) is 4.96. The summed E-state index contributed by atoms with van der Waals surface area (Å²) in [5.74, 6) is 0.491. The lowest BCUT2D eigenvalue weighted by Gasteiger charge is -2.46. The van der Waals surface area contributed by atoms with Crippen LogP contribution >= 0.6 is 0 Å². The molecule has 1 aliphatic rings. The highest BCUT2D eigenvalue weighted by molar-refractivity contribution is 5.96. The van der Waals surface area contributed by atoms with Gasteiger partial charge in [0.1, 0.15) is 17.5 Å². The number of aliphatic imine (C=N–C) groups is 1. The van der Waals surface area contributed by atoms with Gasteiger partial charge in [0.15, 0.2) is 0 Å². The van der Waals surface area contributed by atoms with E-state index < -0.39 is 17.7 Å². The molecule has 0 aliphatic carbocycles. The fourth-order valence-corrected chi connectivity index (χ4v) is 3.43. The average Bonchev–Trinajstić information content (AvgIpc) is 2.65. The monoisotopic (exact) mass is 375 g/mol. The molecule has 0 saturated carbocycles. The number of nitriles is 2. The SMILES string of the molecule is Cc1cccc(N(C(N)=NC#N)[C@@H]2c3cc(C#N)ccc3OC(C)(C)[C@H]2O)c1. The van der Waals surface area contributed by atoms with Gasteiger partial charge in [0.05, 0.1) is 17.7 Å². The molecule has 0 spiro atoms. The molecular formula is C21H21N5O2. The predicted octanol–water partition coefficient (Wildman–Crippen LogP) is 2.74. The van der Waals surface area contributed by atoms with Crippen molar-refractivity contribution in [3.63, 3.8) is 0 Å². The van der Waals surface area contributed by atoms with Crippen molar-refractivity contribution in [3.8, 4) is 18.0 Å². The smallest absolute Gasteiger partial charge is 0.212 e. The molecule has 2 aromatic carbocycles. The highest BCUT2D eigenvalue weighted by atomic mass is 16.5. The second-order valence-electron chi connectivity index (χ2n) is 7.24. The van der Waals surface area contributed by atoms with E-state index >= 15 is 0 Å². The van der Waals surface area contributed by atoms with E-state index in [0.29, 0.717) is 22.6 Å². The van der Waals surface area contributed by atoms with Gasteiger partial charge in [-0.05, 0) is 56.7 Å². The number of benzene rings is 2. The molecule has 2 aromatic rings. The molecule has 0 fully saturated rings. The molecule has 7 heteroatoms. The Morgan fingerprint density at radius 2 is 2.00 bits per heavy atom.